The fourth-order valence-corrected chi connectivity index (χ4v) is 2.43. The van der Waals surface area contributed by atoms with Gasteiger partial charge in [-0.05, 0) is 36.6 Å². The van der Waals surface area contributed by atoms with Crippen molar-refractivity contribution in [3.05, 3.63) is 47.2 Å². The van der Waals surface area contributed by atoms with E-state index in [0.717, 1.165) is 38.2 Å². The summed E-state index contributed by atoms with van der Waals surface area (Å²) in [6.07, 6.45) is 5.46. The van der Waals surface area contributed by atoms with Gasteiger partial charge in [0, 0.05) is 6.42 Å². The minimum Gasteiger partial charge on any atom is -0.496 e. The van der Waals surface area contributed by atoms with E-state index in [-0.39, 0.29) is 6.04 Å². The number of rotatable bonds is 6. The van der Waals surface area contributed by atoms with Gasteiger partial charge >= 0.3 is 0 Å². The first kappa shape index (κ1) is 13.2. The molecule has 0 saturated heterocycles. The molecule has 1 heterocycles. The predicted molar refractivity (Wildman–Crippen MR) is 75.5 cm³/mol. The third-order valence-electron chi connectivity index (χ3n) is 3.36. The van der Waals surface area contributed by atoms with Crippen molar-refractivity contribution in [3.8, 4) is 0 Å². The molecule has 1 N–H and O–H groups in total. The molecule has 1 atom stereocenters. The number of ether oxygens (including phenoxy) is 1. The van der Waals surface area contributed by atoms with Crippen molar-refractivity contribution in [1.82, 2.24) is 5.32 Å². The molecule has 1 aromatic carbocycles. The molecule has 2 rings (SSSR count). The Labute approximate surface area is 110 Å². The first-order valence-corrected chi connectivity index (χ1v) is 7.00. The van der Waals surface area contributed by atoms with E-state index in [4.69, 9.17) is 4.74 Å². The molecule has 1 unspecified atom stereocenters. The Morgan fingerprint density at radius 2 is 2.11 bits per heavy atom. The van der Waals surface area contributed by atoms with Crippen LogP contribution in [0.25, 0.3) is 0 Å². The Bertz CT molecular complexity index is 411. The van der Waals surface area contributed by atoms with E-state index >= 15 is 0 Å². The molecule has 1 aliphatic rings. The molecule has 2 heteroatoms. The lowest BCUT2D eigenvalue weighted by atomic mass is 9.97. The second-order valence-corrected chi connectivity index (χ2v) is 4.68. The molecule has 18 heavy (non-hydrogen) atoms. The van der Waals surface area contributed by atoms with E-state index in [9.17, 15) is 0 Å². The Balaban J connectivity index is 2.26. The van der Waals surface area contributed by atoms with Crippen LogP contribution in [-0.2, 0) is 11.2 Å². The number of benzene rings is 1. The molecule has 1 aromatic rings. The van der Waals surface area contributed by atoms with Gasteiger partial charge in [-0.1, -0.05) is 38.1 Å². The van der Waals surface area contributed by atoms with Crippen LogP contribution >= 0.6 is 0 Å². The fraction of sp³-hybridized carbons (Fsp3) is 0.500. The van der Waals surface area contributed by atoms with Crippen LogP contribution in [0.2, 0.25) is 0 Å². The smallest absolute Gasteiger partial charge is 0.114 e. The molecule has 0 radical (unpaired) electrons. The molecule has 0 aliphatic carbocycles. The van der Waals surface area contributed by atoms with E-state index in [0.29, 0.717) is 0 Å². The molecular formula is C16H23NO. The van der Waals surface area contributed by atoms with E-state index in [1.807, 2.05) is 0 Å². The van der Waals surface area contributed by atoms with E-state index in [1.165, 1.54) is 11.1 Å². The van der Waals surface area contributed by atoms with Gasteiger partial charge in [-0.3, -0.25) is 0 Å². The third-order valence-corrected chi connectivity index (χ3v) is 3.36. The lowest BCUT2D eigenvalue weighted by molar-refractivity contribution is 0.215. The average molecular weight is 245 g/mol. The fourth-order valence-electron chi connectivity index (χ4n) is 2.43. The summed E-state index contributed by atoms with van der Waals surface area (Å²) in [5.74, 6) is 1.10. The van der Waals surface area contributed by atoms with Gasteiger partial charge in [0.15, 0.2) is 0 Å². The minimum absolute atomic E-state index is 0.226. The van der Waals surface area contributed by atoms with Crippen molar-refractivity contribution in [2.24, 2.45) is 0 Å². The Hall–Kier alpha value is -1.28. The maximum Gasteiger partial charge on any atom is 0.114 e. The highest BCUT2D eigenvalue weighted by molar-refractivity contribution is 5.34. The summed E-state index contributed by atoms with van der Waals surface area (Å²) < 4.78 is 5.76. The lowest BCUT2D eigenvalue weighted by Gasteiger charge is -2.22. The van der Waals surface area contributed by atoms with E-state index in [1.54, 1.807) is 0 Å². The van der Waals surface area contributed by atoms with Crippen LogP contribution in [0.1, 0.15) is 43.9 Å². The van der Waals surface area contributed by atoms with Gasteiger partial charge < -0.3 is 10.1 Å². The highest BCUT2D eigenvalue weighted by Gasteiger charge is 2.21. The second-order valence-electron chi connectivity index (χ2n) is 4.68. The van der Waals surface area contributed by atoms with Gasteiger partial charge in [-0.2, -0.15) is 0 Å². The highest BCUT2D eigenvalue weighted by Crippen LogP contribution is 2.29. The Morgan fingerprint density at radius 1 is 1.28 bits per heavy atom. The van der Waals surface area contributed by atoms with E-state index < -0.39 is 0 Å². The standard InChI is InChI=1S/C16H23NO/c1-3-11-17-16(15-10-7-12-18-15)14-9-6-5-8-13(14)4-2/h5-6,8-10,16-17H,3-4,7,11-12H2,1-2H3. The number of hydrogen-bond donors (Lipinski definition) is 1. The summed E-state index contributed by atoms with van der Waals surface area (Å²) >= 11 is 0. The van der Waals surface area contributed by atoms with Crippen molar-refractivity contribution in [3.63, 3.8) is 0 Å². The summed E-state index contributed by atoms with van der Waals surface area (Å²) in [6.45, 7) is 6.25. The van der Waals surface area contributed by atoms with Gasteiger partial charge in [0.05, 0.1) is 12.6 Å². The maximum atomic E-state index is 5.76. The molecule has 1 aliphatic heterocycles. The molecule has 0 spiro atoms. The van der Waals surface area contributed by atoms with Crippen LogP contribution in [-0.4, -0.2) is 13.2 Å². The largest absolute Gasteiger partial charge is 0.496 e. The second kappa shape index (κ2) is 6.60. The molecule has 0 bridgehead atoms. The van der Waals surface area contributed by atoms with Crippen molar-refractivity contribution in [2.45, 2.75) is 39.2 Å². The van der Waals surface area contributed by atoms with Crippen LogP contribution in [0.5, 0.6) is 0 Å². The van der Waals surface area contributed by atoms with Crippen LogP contribution in [0.4, 0.5) is 0 Å². The molecule has 0 amide bonds. The first-order chi connectivity index (χ1) is 8.86. The normalized spacial score (nSPS) is 16.2. The van der Waals surface area contributed by atoms with Crippen LogP contribution in [0.15, 0.2) is 36.1 Å². The Morgan fingerprint density at radius 3 is 2.78 bits per heavy atom. The number of hydrogen-bond acceptors (Lipinski definition) is 2. The predicted octanol–water partition coefficient (Wildman–Crippen LogP) is 3.59. The summed E-state index contributed by atoms with van der Waals surface area (Å²) in [4.78, 5) is 0. The van der Waals surface area contributed by atoms with Crippen LogP contribution in [0, 0.1) is 0 Å². The Kier molecular flexibility index (Phi) is 4.82. The first-order valence-electron chi connectivity index (χ1n) is 7.00. The third kappa shape index (κ3) is 2.94. The topological polar surface area (TPSA) is 21.3 Å². The molecular weight excluding hydrogens is 222 g/mol. The van der Waals surface area contributed by atoms with E-state index in [2.05, 4.69) is 49.5 Å². The quantitative estimate of drug-likeness (QED) is 0.827. The van der Waals surface area contributed by atoms with Crippen molar-refractivity contribution in [1.29, 1.82) is 0 Å². The zero-order chi connectivity index (χ0) is 12.8. The van der Waals surface area contributed by atoms with Crippen molar-refractivity contribution in [2.75, 3.05) is 13.2 Å². The SMILES string of the molecule is CCCNC(C1=CCCO1)c1ccccc1CC. The van der Waals surface area contributed by atoms with Crippen LogP contribution in [0.3, 0.4) is 0 Å². The zero-order valence-electron chi connectivity index (χ0n) is 11.4. The summed E-state index contributed by atoms with van der Waals surface area (Å²) in [6, 6.07) is 8.89. The van der Waals surface area contributed by atoms with Gasteiger partial charge in [-0.15, -0.1) is 0 Å². The van der Waals surface area contributed by atoms with Gasteiger partial charge in [0.25, 0.3) is 0 Å². The molecule has 98 valence electrons. The van der Waals surface area contributed by atoms with Gasteiger partial charge in [-0.25, -0.2) is 0 Å². The van der Waals surface area contributed by atoms with Crippen molar-refractivity contribution >= 4 is 0 Å². The molecule has 0 fully saturated rings. The highest BCUT2D eigenvalue weighted by atomic mass is 16.5. The lowest BCUT2D eigenvalue weighted by Crippen LogP contribution is -2.25. The molecule has 2 nitrogen and oxygen atoms in total. The molecule has 0 aromatic heterocycles. The number of aryl methyl sites for hydroxylation is 1. The van der Waals surface area contributed by atoms with Crippen molar-refractivity contribution < 1.29 is 4.74 Å². The number of nitrogens with one attached hydrogen (secondary N) is 1. The summed E-state index contributed by atoms with van der Waals surface area (Å²) in [5, 5.41) is 3.61. The van der Waals surface area contributed by atoms with Gasteiger partial charge in [0.2, 0.25) is 0 Å². The van der Waals surface area contributed by atoms with Gasteiger partial charge in [0.1, 0.15) is 5.76 Å². The minimum atomic E-state index is 0.226. The summed E-state index contributed by atoms with van der Waals surface area (Å²) in [5.41, 5.74) is 2.77. The summed E-state index contributed by atoms with van der Waals surface area (Å²) in [7, 11) is 0. The van der Waals surface area contributed by atoms with Crippen LogP contribution < -0.4 is 5.32 Å². The zero-order valence-corrected chi connectivity index (χ0v) is 11.4. The monoisotopic (exact) mass is 245 g/mol. The maximum absolute atomic E-state index is 5.76. The average Bonchev–Trinajstić information content (AvgIpc) is 2.94. The molecule has 0 saturated carbocycles.